The summed E-state index contributed by atoms with van der Waals surface area (Å²) in [6, 6.07) is 0. The third kappa shape index (κ3) is 2.95. The molecule has 4 nitrogen and oxygen atoms in total. The first-order valence-electron chi connectivity index (χ1n) is 6.67. The summed E-state index contributed by atoms with van der Waals surface area (Å²) in [4.78, 5) is 5.78. The third-order valence-electron chi connectivity index (χ3n) is 3.00. The van der Waals surface area contributed by atoms with E-state index in [-0.39, 0.29) is 0 Å². The summed E-state index contributed by atoms with van der Waals surface area (Å²) in [6.45, 7) is 9.46. The summed E-state index contributed by atoms with van der Waals surface area (Å²) in [7, 11) is 0. The van der Waals surface area contributed by atoms with Crippen molar-refractivity contribution in [2.45, 2.75) is 53.0 Å². The van der Waals surface area contributed by atoms with Gasteiger partial charge in [-0.25, -0.2) is 4.98 Å². The highest BCUT2D eigenvalue weighted by Gasteiger charge is 2.19. The molecule has 104 valence electrons. The number of hydrogen-bond acceptors (Lipinski definition) is 4. The van der Waals surface area contributed by atoms with Crippen molar-refractivity contribution in [3.05, 3.63) is 15.5 Å². The van der Waals surface area contributed by atoms with E-state index in [0.29, 0.717) is 10.7 Å². The topological polar surface area (TPSA) is 46.5 Å². The fourth-order valence-corrected chi connectivity index (χ4v) is 3.31. The molecule has 2 aromatic rings. The van der Waals surface area contributed by atoms with Gasteiger partial charge in [0.05, 0.1) is 15.6 Å². The van der Waals surface area contributed by atoms with Gasteiger partial charge in [-0.05, 0) is 31.5 Å². The predicted molar refractivity (Wildman–Crippen MR) is 82.3 cm³/mol. The van der Waals surface area contributed by atoms with Crippen LogP contribution in [0.25, 0.3) is 10.7 Å². The fourth-order valence-electron chi connectivity index (χ4n) is 2.01. The van der Waals surface area contributed by atoms with Crippen LogP contribution in [0, 0.1) is 11.7 Å². The molecule has 2 aromatic heterocycles. The summed E-state index contributed by atoms with van der Waals surface area (Å²) in [5.74, 6) is 1.33. The van der Waals surface area contributed by atoms with Crippen molar-refractivity contribution < 1.29 is 0 Å². The van der Waals surface area contributed by atoms with Crippen LogP contribution in [0.3, 0.4) is 0 Å². The average Bonchev–Trinajstić information content (AvgIpc) is 2.90. The Hall–Kier alpha value is -1.01. The molecular formula is C13H20N4S2. The zero-order valence-corrected chi connectivity index (χ0v) is 13.5. The molecule has 0 amide bonds. The minimum Gasteiger partial charge on any atom is -0.299 e. The van der Waals surface area contributed by atoms with E-state index in [1.165, 1.54) is 0 Å². The maximum absolute atomic E-state index is 5.33. The minimum atomic E-state index is 0.393. The monoisotopic (exact) mass is 296 g/mol. The smallest absolute Gasteiger partial charge is 0.195 e. The Morgan fingerprint density at radius 3 is 2.79 bits per heavy atom. The van der Waals surface area contributed by atoms with Crippen molar-refractivity contribution in [1.29, 1.82) is 0 Å². The van der Waals surface area contributed by atoms with Crippen molar-refractivity contribution in [3.63, 3.8) is 0 Å². The molecule has 0 saturated heterocycles. The van der Waals surface area contributed by atoms with Gasteiger partial charge in [-0.1, -0.05) is 27.2 Å². The first-order valence-corrected chi connectivity index (χ1v) is 7.90. The molecule has 0 spiro atoms. The van der Waals surface area contributed by atoms with Crippen LogP contribution in [0.15, 0.2) is 0 Å². The van der Waals surface area contributed by atoms with Crippen LogP contribution in [0.4, 0.5) is 0 Å². The van der Waals surface area contributed by atoms with Gasteiger partial charge in [0.2, 0.25) is 0 Å². The molecular weight excluding hydrogens is 276 g/mol. The number of nitrogens with one attached hydrogen (secondary N) is 1. The molecule has 1 N–H and O–H groups in total. The number of aromatic amines is 1. The molecule has 2 rings (SSSR count). The van der Waals surface area contributed by atoms with Gasteiger partial charge >= 0.3 is 0 Å². The summed E-state index contributed by atoms with van der Waals surface area (Å²) in [5.41, 5.74) is 1.12. The first-order chi connectivity index (χ1) is 9.04. The highest BCUT2D eigenvalue weighted by atomic mass is 32.1. The molecule has 19 heavy (non-hydrogen) atoms. The Balaban J connectivity index is 2.50. The largest absolute Gasteiger partial charge is 0.299 e. The second kappa shape index (κ2) is 5.96. The van der Waals surface area contributed by atoms with Gasteiger partial charge < -0.3 is 0 Å². The number of rotatable bonds is 5. The minimum absolute atomic E-state index is 0.393. The second-order valence-electron chi connectivity index (χ2n) is 4.96. The summed E-state index contributed by atoms with van der Waals surface area (Å²) < 4.78 is 2.79. The molecule has 6 heteroatoms. The number of hydrogen-bond donors (Lipinski definition) is 1. The Bertz CT molecular complexity index is 606. The zero-order chi connectivity index (χ0) is 14.0. The van der Waals surface area contributed by atoms with Crippen LogP contribution in [0.2, 0.25) is 0 Å². The third-order valence-corrected chi connectivity index (χ3v) is 4.30. The number of aryl methyl sites for hydroxylation is 1. The number of aromatic nitrogens is 4. The van der Waals surface area contributed by atoms with Gasteiger partial charge in [-0.3, -0.25) is 9.67 Å². The van der Waals surface area contributed by atoms with Gasteiger partial charge in [0.25, 0.3) is 0 Å². The number of H-pyrrole nitrogens is 1. The van der Waals surface area contributed by atoms with Crippen LogP contribution in [-0.2, 0) is 6.54 Å². The van der Waals surface area contributed by atoms with E-state index in [9.17, 15) is 0 Å². The van der Waals surface area contributed by atoms with Crippen LogP contribution in [0.5, 0.6) is 0 Å². The van der Waals surface area contributed by atoms with E-state index in [0.717, 1.165) is 40.8 Å². The molecule has 0 aliphatic heterocycles. The SMILES string of the molecule is CCCCn1c(-c2sc(C)nc2C(C)C)n[nH]c1=S. The maximum Gasteiger partial charge on any atom is 0.195 e. The normalized spacial score (nSPS) is 11.4. The van der Waals surface area contributed by atoms with Crippen molar-refractivity contribution in [2.24, 2.45) is 0 Å². The first kappa shape index (κ1) is 14.4. The van der Waals surface area contributed by atoms with Gasteiger partial charge in [0.15, 0.2) is 10.6 Å². The summed E-state index contributed by atoms with van der Waals surface area (Å²) >= 11 is 7.03. The van der Waals surface area contributed by atoms with E-state index in [1.807, 2.05) is 6.92 Å². The van der Waals surface area contributed by atoms with Gasteiger partial charge in [0.1, 0.15) is 0 Å². The molecule has 0 aliphatic carbocycles. The van der Waals surface area contributed by atoms with Crippen LogP contribution >= 0.6 is 23.6 Å². The van der Waals surface area contributed by atoms with E-state index < -0.39 is 0 Å². The molecule has 0 unspecified atom stereocenters. The highest BCUT2D eigenvalue weighted by Crippen LogP contribution is 2.33. The summed E-state index contributed by atoms with van der Waals surface area (Å²) in [5, 5.41) is 8.40. The molecule has 0 saturated carbocycles. The summed E-state index contributed by atoms with van der Waals surface area (Å²) in [6.07, 6.45) is 2.25. The zero-order valence-electron chi connectivity index (χ0n) is 11.9. The Kier molecular flexibility index (Phi) is 4.52. The van der Waals surface area contributed by atoms with Crippen molar-refractivity contribution in [2.75, 3.05) is 0 Å². The molecule has 0 atom stereocenters. The number of thiazole rings is 1. The second-order valence-corrected chi connectivity index (χ2v) is 6.55. The van der Waals surface area contributed by atoms with Crippen molar-refractivity contribution in [3.8, 4) is 10.7 Å². The van der Waals surface area contributed by atoms with Crippen LogP contribution < -0.4 is 0 Å². The number of nitrogens with zero attached hydrogens (tertiary/aromatic N) is 3. The Morgan fingerprint density at radius 2 is 2.16 bits per heavy atom. The van der Waals surface area contributed by atoms with E-state index >= 15 is 0 Å². The van der Waals surface area contributed by atoms with Gasteiger partial charge in [0, 0.05) is 6.54 Å². The fraction of sp³-hybridized carbons (Fsp3) is 0.615. The maximum atomic E-state index is 5.33. The molecule has 0 aliphatic rings. The van der Waals surface area contributed by atoms with Crippen LogP contribution in [-0.4, -0.2) is 19.7 Å². The standard InChI is InChI=1S/C13H20N4S2/c1-5-6-7-17-12(15-16-13(17)18)11-10(8(2)3)14-9(4)19-11/h8H,5-7H2,1-4H3,(H,16,18). The lowest BCUT2D eigenvalue weighted by Gasteiger charge is -2.07. The average molecular weight is 296 g/mol. The Morgan fingerprint density at radius 1 is 1.42 bits per heavy atom. The van der Waals surface area contributed by atoms with Gasteiger partial charge in [-0.15, -0.1) is 11.3 Å². The lowest BCUT2D eigenvalue weighted by molar-refractivity contribution is 0.628. The van der Waals surface area contributed by atoms with Crippen molar-refractivity contribution >= 4 is 23.6 Å². The molecule has 0 fully saturated rings. The van der Waals surface area contributed by atoms with E-state index in [2.05, 4.69) is 40.5 Å². The lowest BCUT2D eigenvalue weighted by atomic mass is 10.1. The molecule has 2 heterocycles. The van der Waals surface area contributed by atoms with Crippen molar-refractivity contribution in [1.82, 2.24) is 19.7 Å². The van der Waals surface area contributed by atoms with E-state index in [1.54, 1.807) is 11.3 Å². The molecule has 0 radical (unpaired) electrons. The molecule has 0 bridgehead atoms. The van der Waals surface area contributed by atoms with Crippen LogP contribution in [0.1, 0.15) is 50.2 Å². The van der Waals surface area contributed by atoms with Gasteiger partial charge in [-0.2, -0.15) is 5.10 Å². The quantitative estimate of drug-likeness (QED) is 0.837. The Labute approximate surface area is 122 Å². The lowest BCUT2D eigenvalue weighted by Crippen LogP contribution is -2.02. The molecule has 0 aromatic carbocycles. The van der Waals surface area contributed by atoms with E-state index in [4.69, 9.17) is 12.2 Å². The predicted octanol–water partition coefficient (Wildman–Crippen LogP) is 4.30. The number of unbranched alkanes of at least 4 members (excludes halogenated alkanes) is 1. The highest BCUT2D eigenvalue weighted by molar-refractivity contribution is 7.71.